The Morgan fingerprint density at radius 2 is 1.00 bits per heavy atom. The van der Waals surface area contributed by atoms with E-state index in [1.165, 1.54) is 0 Å². The van der Waals surface area contributed by atoms with Crippen LogP contribution in [-0.2, 0) is 34.4 Å². The molecule has 0 bridgehead atoms. The number of hydrogen-bond donors (Lipinski definition) is 0. The van der Waals surface area contributed by atoms with Crippen molar-refractivity contribution in [3.8, 4) is 0 Å². The molecule has 3 heteroatoms. The van der Waals surface area contributed by atoms with Crippen molar-refractivity contribution in [2.24, 2.45) is 0 Å². The zero-order valence-electron chi connectivity index (χ0n) is 1.26. The van der Waals surface area contributed by atoms with Crippen molar-refractivity contribution in [2.75, 3.05) is 0 Å². The van der Waals surface area contributed by atoms with Crippen LogP contribution < -0.4 is 0 Å². The molecule has 0 heterocycles. The predicted molar refractivity (Wildman–Crippen MR) is 17.1 cm³/mol. The van der Waals surface area contributed by atoms with Gasteiger partial charge in [0.15, 0.2) is 0 Å². The van der Waals surface area contributed by atoms with Gasteiger partial charge < -0.3 is 0 Å². The van der Waals surface area contributed by atoms with Gasteiger partial charge in [-0.05, 0) is 0 Å². The molecule has 0 aliphatic heterocycles. The normalized spacial score (nSPS) is 0. The van der Waals surface area contributed by atoms with E-state index in [1.54, 1.807) is 0 Å². The van der Waals surface area contributed by atoms with Crippen LogP contribution in [-0.4, -0.2) is 0 Å². The minimum absolute atomic E-state index is 0. The van der Waals surface area contributed by atoms with E-state index in [0.29, 0.717) is 0 Å². The fourth-order valence-electron chi connectivity index (χ4n) is 0. The van der Waals surface area contributed by atoms with Crippen LogP contribution in [0.2, 0.25) is 0 Å². The van der Waals surface area contributed by atoms with Gasteiger partial charge in [0.1, 0.15) is 0 Å². The number of rotatable bonds is 0. The van der Waals surface area contributed by atoms with Crippen LogP contribution in [0.25, 0.3) is 0 Å². The first-order valence-corrected chi connectivity index (χ1v) is 0. The summed E-state index contributed by atoms with van der Waals surface area (Å²) in [6.07, 6.45) is 0. The summed E-state index contributed by atoms with van der Waals surface area (Å²) in [5, 5.41) is 0. The maximum atomic E-state index is 0. The minimum atomic E-state index is 0. The van der Waals surface area contributed by atoms with Crippen molar-refractivity contribution < 1.29 is 34.4 Å². The monoisotopic (exact) mass is 158 g/mol. The first-order valence-electron chi connectivity index (χ1n) is 0. The zero-order chi connectivity index (χ0) is 0. The molecular formula is CH6CrFeS. The van der Waals surface area contributed by atoms with Crippen LogP contribution in [0.1, 0.15) is 7.43 Å². The predicted octanol–water partition coefficient (Wildman–Crippen LogP) is 0.744. The molecule has 4 heavy (non-hydrogen) atoms. The van der Waals surface area contributed by atoms with Crippen LogP contribution in [0.3, 0.4) is 0 Å². The molecule has 0 amide bonds. The molecule has 0 rings (SSSR count). The standard InChI is InChI=1S/CH4.Cr.Fe.H2S/h1H4;;;1H2. The summed E-state index contributed by atoms with van der Waals surface area (Å²) in [6, 6.07) is 0. The molecule has 30 valence electrons. The Morgan fingerprint density at radius 1 is 1.00 bits per heavy atom. The van der Waals surface area contributed by atoms with Crippen LogP contribution in [0, 0.1) is 0 Å². The average Bonchev–Trinajstić information content (AvgIpc) is 0. The van der Waals surface area contributed by atoms with Gasteiger partial charge >= 0.3 is 0 Å². The largest absolute Gasteiger partial charge is 0.197 e. The Kier molecular flexibility index (Phi) is 345. The van der Waals surface area contributed by atoms with Crippen molar-refractivity contribution in [2.45, 2.75) is 7.43 Å². The van der Waals surface area contributed by atoms with Gasteiger partial charge in [0.2, 0.25) is 0 Å². The smallest absolute Gasteiger partial charge is 0 e. The summed E-state index contributed by atoms with van der Waals surface area (Å²) in [5.74, 6) is 0. The van der Waals surface area contributed by atoms with Gasteiger partial charge in [-0.15, -0.1) is 0 Å². The van der Waals surface area contributed by atoms with Crippen molar-refractivity contribution in [3.05, 3.63) is 0 Å². The van der Waals surface area contributed by atoms with E-state index in [4.69, 9.17) is 0 Å². The van der Waals surface area contributed by atoms with Gasteiger partial charge in [-0.3, -0.25) is 0 Å². The molecule has 0 nitrogen and oxygen atoms in total. The van der Waals surface area contributed by atoms with E-state index in [-0.39, 0.29) is 55.4 Å². The quantitative estimate of drug-likeness (QED) is 0.456. The van der Waals surface area contributed by atoms with E-state index >= 15 is 0 Å². The van der Waals surface area contributed by atoms with Gasteiger partial charge in [-0.25, -0.2) is 0 Å². The van der Waals surface area contributed by atoms with Crippen molar-refractivity contribution in [3.63, 3.8) is 0 Å². The maximum Gasteiger partial charge on any atom is 0 e. The van der Waals surface area contributed by atoms with Crippen LogP contribution in [0.15, 0.2) is 0 Å². The van der Waals surface area contributed by atoms with Crippen molar-refractivity contribution in [1.29, 1.82) is 0 Å². The fraction of sp³-hybridized carbons (Fsp3) is 1.00. The van der Waals surface area contributed by atoms with Crippen LogP contribution in [0.4, 0.5) is 0 Å². The molecule has 0 aliphatic carbocycles. The van der Waals surface area contributed by atoms with E-state index in [0.717, 1.165) is 0 Å². The third kappa shape index (κ3) is 9.99. The molecule has 0 spiro atoms. The molecule has 0 aromatic carbocycles. The molecule has 0 saturated carbocycles. The van der Waals surface area contributed by atoms with E-state index < -0.39 is 0 Å². The molecule has 0 aromatic rings. The molecule has 0 aliphatic rings. The van der Waals surface area contributed by atoms with Crippen molar-refractivity contribution >= 4 is 13.5 Å². The number of hydrogen-bond acceptors (Lipinski definition) is 0. The second kappa shape index (κ2) is 25.9. The van der Waals surface area contributed by atoms with Gasteiger partial charge in [0.25, 0.3) is 0 Å². The minimum Gasteiger partial charge on any atom is -0.197 e. The molecule has 0 N–H and O–H groups in total. The Morgan fingerprint density at radius 3 is 1.00 bits per heavy atom. The summed E-state index contributed by atoms with van der Waals surface area (Å²) >= 11 is 0. The Hall–Kier alpha value is 1.40. The van der Waals surface area contributed by atoms with Gasteiger partial charge in [0.05, 0.1) is 0 Å². The van der Waals surface area contributed by atoms with Gasteiger partial charge in [-0.2, -0.15) is 13.5 Å². The molecular weight excluding hydrogens is 152 g/mol. The molecule has 0 fully saturated rings. The molecule has 0 radical (unpaired) electrons. The topological polar surface area (TPSA) is 0 Å². The third-order valence-corrected chi connectivity index (χ3v) is 0. The molecule has 0 atom stereocenters. The summed E-state index contributed by atoms with van der Waals surface area (Å²) < 4.78 is 0. The Balaban J connectivity index is 0. The van der Waals surface area contributed by atoms with Gasteiger partial charge in [-0.1, -0.05) is 7.43 Å². The zero-order valence-corrected chi connectivity index (χ0v) is 4.64. The molecule has 0 unspecified atom stereocenters. The second-order valence-corrected chi connectivity index (χ2v) is 0. The van der Waals surface area contributed by atoms with E-state index in [1.807, 2.05) is 0 Å². The summed E-state index contributed by atoms with van der Waals surface area (Å²) in [7, 11) is 0. The van der Waals surface area contributed by atoms with E-state index in [9.17, 15) is 0 Å². The maximum absolute atomic E-state index is 0. The Bertz CT molecular complexity index is 8.00. The first kappa shape index (κ1) is 53.3. The Labute approximate surface area is 55.4 Å². The second-order valence-electron chi connectivity index (χ2n) is 0. The average molecular weight is 158 g/mol. The molecule has 0 saturated heterocycles. The van der Waals surface area contributed by atoms with E-state index in [2.05, 4.69) is 0 Å². The van der Waals surface area contributed by atoms with Crippen LogP contribution >= 0.6 is 13.5 Å². The fourth-order valence-corrected chi connectivity index (χ4v) is 0. The van der Waals surface area contributed by atoms with Crippen LogP contribution in [0.5, 0.6) is 0 Å². The SMILES string of the molecule is C.S.[Cr].[Fe]. The van der Waals surface area contributed by atoms with Gasteiger partial charge in [0, 0.05) is 34.4 Å². The summed E-state index contributed by atoms with van der Waals surface area (Å²) in [6.45, 7) is 0. The van der Waals surface area contributed by atoms with Crippen molar-refractivity contribution in [1.82, 2.24) is 0 Å². The summed E-state index contributed by atoms with van der Waals surface area (Å²) in [5.41, 5.74) is 0. The first-order chi connectivity index (χ1) is 0. The summed E-state index contributed by atoms with van der Waals surface area (Å²) in [4.78, 5) is 0. The molecule has 0 aromatic heterocycles. The third-order valence-electron chi connectivity index (χ3n) is 0.